The first-order valence-corrected chi connectivity index (χ1v) is 8.64. The second-order valence-corrected chi connectivity index (χ2v) is 7.15. The standard InChI is InChI=1S/C17H34N2/c1-4-17(10-5-6-12-18-17)11-9-16-8-7-13-19(14-16)15(2)3/h15-16,18H,4-14H2,1-3H3. The van der Waals surface area contributed by atoms with Gasteiger partial charge in [0.2, 0.25) is 0 Å². The lowest BCUT2D eigenvalue weighted by Crippen LogP contribution is -2.48. The molecule has 2 atom stereocenters. The van der Waals surface area contributed by atoms with Gasteiger partial charge in [0.1, 0.15) is 0 Å². The molecule has 2 heterocycles. The van der Waals surface area contributed by atoms with Crippen LogP contribution in [0.1, 0.15) is 72.1 Å². The van der Waals surface area contributed by atoms with E-state index in [1.54, 1.807) is 0 Å². The van der Waals surface area contributed by atoms with E-state index in [1.807, 2.05) is 0 Å². The van der Waals surface area contributed by atoms with Crippen molar-refractivity contribution in [2.24, 2.45) is 5.92 Å². The van der Waals surface area contributed by atoms with Gasteiger partial charge in [0.15, 0.2) is 0 Å². The topological polar surface area (TPSA) is 15.3 Å². The number of hydrogen-bond acceptors (Lipinski definition) is 2. The van der Waals surface area contributed by atoms with Gasteiger partial charge in [0, 0.05) is 18.1 Å². The molecule has 2 heteroatoms. The fraction of sp³-hybridized carbons (Fsp3) is 1.00. The fourth-order valence-electron chi connectivity index (χ4n) is 4.00. The van der Waals surface area contributed by atoms with Crippen molar-refractivity contribution in [3.05, 3.63) is 0 Å². The number of hydrogen-bond donors (Lipinski definition) is 1. The van der Waals surface area contributed by atoms with E-state index in [0.717, 1.165) is 12.0 Å². The molecule has 0 aromatic rings. The van der Waals surface area contributed by atoms with E-state index in [2.05, 4.69) is 31.0 Å². The summed E-state index contributed by atoms with van der Waals surface area (Å²) in [6.07, 6.45) is 11.2. The highest BCUT2D eigenvalue weighted by Crippen LogP contribution is 2.31. The third kappa shape index (κ3) is 4.19. The quantitative estimate of drug-likeness (QED) is 0.814. The third-order valence-electron chi connectivity index (χ3n) is 5.57. The second-order valence-electron chi connectivity index (χ2n) is 7.15. The molecule has 0 spiro atoms. The molecule has 0 saturated carbocycles. The van der Waals surface area contributed by atoms with E-state index in [9.17, 15) is 0 Å². The molecule has 2 aliphatic heterocycles. The van der Waals surface area contributed by atoms with Gasteiger partial charge in [0.05, 0.1) is 0 Å². The SMILES string of the molecule is CCC1(CCC2CCCN(C(C)C)C2)CCCCN1. The summed E-state index contributed by atoms with van der Waals surface area (Å²) >= 11 is 0. The molecule has 0 aliphatic carbocycles. The molecule has 0 amide bonds. The van der Waals surface area contributed by atoms with Gasteiger partial charge in [-0.05, 0) is 77.8 Å². The van der Waals surface area contributed by atoms with E-state index >= 15 is 0 Å². The Labute approximate surface area is 120 Å². The highest BCUT2D eigenvalue weighted by Gasteiger charge is 2.31. The van der Waals surface area contributed by atoms with E-state index < -0.39 is 0 Å². The molecular weight excluding hydrogens is 232 g/mol. The summed E-state index contributed by atoms with van der Waals surface area (Å²) in [5.41, 5.74) is 0.484. The Morgan fingerprint density at radius 3 is 2.74 bits per heavy atom. The van der Waals surface area contributed by atoms with E-state index in [4.69, 9.17) is 0 Å². The fourth-order valence-corrected chi connectivity index (χ4v) is 4.00. The highest BCUT2D eigenvalue weighted by atomic mass is 15.2. The van der Waals surface area contributed by atoms with E-state index in [0.29, 0.717) is 5.54 Å². The smallest absolute Gasteiger partial charge is 0.0179 e. The Kier molecular flexibility index (Phi) is 5.70. The number of rotatable bonds is 5. The Balaban J connectivity index is 1.80. The molecule has 2 rings (SSSR count). The zero-order chi connectivity index (χ0) is 13.7. The van der Waals surface area contributed by atoms with Crippen molar-refractivity contribution in [3.8, 4) is 0 Å². The van der Waals surface area contributed by atoms with Crippen LogP contribution >= 0.6 is 0 Å². The van der Waals surface area contributed by atoms with Crippen molar-refractivity contribution >= 4 is 0 Å². The molecule has 0 aromatic carbocycles. The van der Waals surface area contributed by atoms with Crippen LogP contribution in [0.25, 0.3) is 0 Å². The number of likely N-dealkylation sites (tertiary alicyclic amines) is 1. The lowest BCUT2D eigenvalue weighted by atomic mass is 9.79. The summed E-state index contributed by atoms with van der Waals surface area (Å²) in [6.45, 7) is 11.0. The van der Waals surface area contributed by atoms with Crippen LogP contribution in [0.4, 0.5) is 0 Å². The highest BCUT2D eigenvalue weighted by molar-refractivity contribution is 4.90. The van der Waals surface area contributed by atoms with E-state index in [-0.39, 0.29) is 0 Å². The molecule has 2 unspecified atom stereocenters. The summed E-state index contributed by atoms with van der Waals surface area (Å²) in [7, 11) is 0. The average Bonchev–Trinajstić information content (AvgIpc) is 2.46. The van der Waals surface area contributed by atoms with Gasteiger partial charge < -0.3 is 10.2 Å². The zero-order valence-electron chi connectivity index (χ0n) is 13.4. The summed E-state index contributed by atoms with van der Waals surface area (Å²) in [5.74, 6) is 0.948. The minimum Gasteiger partial charge on any atom is -0.311 e. The lowest BCUT2D eigenvalue weighted by Gasteiger charge is -2.41. The maximum absolute atomic E-state index is 3.84. The predicted octanol–water partition coefficient (Wildman–Crippen LogP) is 3.81. The van der Waals surface area contributed by atoms with Gasteiger partial charge in [-0.1, -0.05) is 13.3 Å². The molecule has 2 nitrogen and oxygen atoms in total. The van der Waals surface area contributed by atoms with Crippen LogP contribution in [0.5, 0.6) is 0 Å². The summed E-state index contributed by atoms with van der Waals surface area (Å²) in [6, 6.07) is 0.732. The van der Waals surface area contributed by atoms with Gasteiger partial charge in [-0.3, -0.25) is 0 Å². The molecule has 2 saturated heterocycles. The molecule has 19 heavy (non-hydrogen) atoms. The Morgan fingerprint density at radius 1 is 1.26 bits per heavy atom. The summed E-state index contributed by atoms with van der Waals surface area (Å²) in [5, 5.41) is 3.84. The van der Waals surface area contributed by atoms with Gasteiger partial charge >= 0.3 is 0 Å². The molecule has 0 aromatic heterocycles. The predicted molar refractivity (Wildman–Crippen MR) is 83.5 cm³/mol. The van der Waals surface area contributed by atoms with Gasteiger partial charge in [-0.15, -0.1) is 0 Å². The Hall–Kier alpha value is -0.0800. The largest absolute Gasteiger partial charge is 0.311 e. The number of nitrogens with zero attached hydrogens (tertiary/aromatic N) is 1. The van der Waals surface area contributed by atoms with Gasteiger partial charge in [-0.2, -0.15) is 0 Å². The van der Waals surface area contributed by atoms with Crippen LogP contribution in [-0.2, 0) is 0 Å². The van der Waals surface area contributed by atoms with Crippen molar-refractivity contribution < 1.29 is 0 Å². The minimum atomic E-state index is 0.484. The van der Waals surface area contributed by atoms with Crippen molar-refractivity contribution in [1.82, 2.24) is 10.2 Å². The van der Waals surface area contributed by atoms with Crippen molar-refractivity contribution in [1.29, 1.82) is 0 Å². The van der Waals surface area contributed by atoms with Crippen molar-refractivity contribution in [3.63, 3.8) is 0 Å². The third-order valence-corrected chi connectivity index (χ3v) is 5.57. The van der Waals surface area contributed by atoms with Crippen LogP contribution < -0.4 is 5.32 Å². The molecule has 2 aliphatic rings. The van der Waals surface area contributed by atoms with Gasteiger partial charge in [-0.25, -0.2) is 0 Å². The monoisotopic (exact) mass is 266 g/mol. The molecule has 0 radical (unpaired) electrons. The van der Waals surface area contributed by atoms with Crippen LogP contribution in [0.15, 0.2) is 0 Å². The molecule has 2 fully saturated rings. The summed E-state index contributed by atoms with van der Waals surface area (Å²) < 4.78 is 0. The molecular formula is C17H34N2. The van der Waals surface area contributed by atoms with Crippen LogP contribution in [0, 0.1) is 5.92 Å². The van der Waals surface area contributed by atoms with Crippen LogP contribution in [-0.4, -0.2) is 36.1 Å². The normalized spacial score (nSPS) is 33.8. The molecule has 1 N–H and O–H groups in total. The molecule has 0 bridgehead atoms. The van der Waals surface area contributed by atoms with Crippen LogP contribution in [0.2, 0.25) is 0 Å². The number of piperidine rings is 2. The van der Waals surface area contributed by atoms with Crippen molar-refractivity contribution in [2.45, 2.75) is 83.7 Å². The van der Waals surface area contributed by atoms with Crippen LogP contribution in [0.3, 0.4) is 0 Å². The summed E-state index contributed by atoms with van der Waals surface area (Å²) in [4.78, 5) is 2.68. The Morgan fingerprint density at radius 2 is 2.11 bits per heavy atom. The minimum absolute atomic E-state index is 0.484. The molecule has 112 valence electrons. The first-order chi connectivity index (χ1) is 9.15. The Bertz CT molecular complexity index is 256. The lowest BCUT2D eigenvalue weighted by molar-refractivity contribution is 0.122. The van der Waals surface area contributed by atoms with E-state index in [1.165, 1.54) is 71.0 Å². The first-order valence-electron chi connectivity index (χ1n) is 8.64. The first kappa shape index (κ1) is 15.3. The maximum atomic E-state index is 3.84. The number of nitrogens with one attached hydrogen (secondary N) is 1. The average molecular weight is 266 g/mol. The zero-order valence-corrected chi connectivity index (χ0v) is 13.4. The maximum Gasteiger partial charge on any atom is 0.0179 e. The van der Waals surface area contributed by atoms with Crippen molar-refractivity contribution in [2.75, 3.05) is 19.6 Å². The second kappa shape index (κ2) is 7.08. The van der Waals surface area contributed by atoms with Gasteiger partial charge in [0.25, 0.3) is 0 Å².